The van der Waals surface area contributed by atoms with E-state index in [2.05, 4.69) is 44.8 Å². The molecule has 3 nitrogen and oxygen atoms in total. The van der Waals surface area contributed by atoms with E-state index in [0.29, 0.717) is 17.7 Å². The lowest BCUT2D eigenvalue weighted by Crippen LogP contribution is -2.43. The Bertz CT molecular complexity index is 265. The number of carbonyl (C=O) groups excluding carboxylic acids is 1. The first kappa shape index (κ1) is 15.5. The summed E-state index contributed by atoms with van der Waals surface area (Å²) in [5.41, 5.74) is 0. The fourth-order valence-electron chi connectivity index (χ4n) is 2.54. The van der Waals surface area contributed by atoms with E-state index < -0.39 is 0 Å². The van der Waals surface area contributed by atoms with Crippen molar-refractivity contribution in [2.75, 3.05) is 6.54 Å². The second-order valence-corrected chi connectivity index (χ2v) is 6.05. The maximum Gasteiger partial charge on any atom is 0.241 e. The van der Waals surface area contributed by atoms with Gasteiger partial charge in [-0.05, 0) is 18.3 Å². The standard InChI is InChI=1S/C15H30N2O/c1-6-8-9-13-15(18)17(10-12(5)7-2)14(16-13)11(3)4/h11-14,16H,6-10H2,1-5H3. The summed E-state index contributed by atoms with van der Waals surface area (Å²) in [4.78, 5) is 14.5. The number of hydrogen-bond acceptors (Lipinski definition) is 2. The van der Waals surface area contributed by atoms with E-state index in [4.69, 9.17) is 0 Å². The van der Waals surface area contributed by atoms with Gasteiger partial charge in [0.2, 0.25) is 5.91 Å². The van der Waals surface area contributed by atoms with Gasteiger partial charge < -0.3 is 4.90 Å². The summed E-state index contributed by atoms with van der Waals surface area (Å²) >= 11 is 0. The van der Waals surface area contributed by atoms with Gasteiger partial charge in [0.15, 0.2) is 0 Å². The Kier molecular flexibility index (Phi) is 6.13. The first-order valence-corrected chi connectivity index (χ1v) is 7.57. The maximum absolute atomic E-state index is 12.4. The number of amides is 1. The highest BCUT2D eigenvalue weighted by Crippen LogP contribution is 2.22. The van der Waals surface area contributed by atoms with Crippen LogP contribution in [-0.4, -0.2) is 29.6 Å². The smallest absolute Gasteiger partial charge is 0.241 e. The van der Waals surface area contributed by atoms with E-state index in [1.807, 2.05) is 0 Å². The van der Waals surface area contributed by atoms with Gasteiger partial charge in [-0.15, -0.1) is 0 Å². The van der Waals surface area contributed by atoms with Crippen molar-refractivity contribution in [3.63, 3.8) is 0 Å². The average Bonchev–Trinajstić information content (AvgIpc) is 2.64. The molecule has 1 aliphatic rings. The number of carbonyl (C=O) groups is 1. The zero-order valence-corrected chi connectivity index (χ0v) is 12.7. The highest BCUT2D eigenvalue weighted by molar-refractivity contribution is 5.84. The Labute approximate surface area is 112 Å². The van der Waals surface area contributed by atoms with Crippen LogP contribution in [0.15, 0.2) is 0 Å². The van der Waals surface area contributed by atoms with Gasteiger partial charge in [0, 0.05) is 6.54 Å². The molecule has 18 heavy (non-hydrogen) atoms. The minimum Gasteiger partial charge on any atom is -0.325 e. The van der Waals surface area contributed by atoms with E-state index in [-0.39, 0.29) is 12.2 Å². The van der Waals surface area contributed by atoms with E-state index in [1.54, 1.807) is 0 Å². The summed E-state index contributed by atoms with van der Waals surface area (Å²) < 4.78 is 0. The monoisotopic (exact) mass is 254 g/mol. The molecule has 0 saturated carbocycles. The molecule has 1 amide bonds. The van der Waals surface area contributed by atoms with Gasteiger partial charge in [0.05, 0.1) is 12.2 Å². The molecule has 1 rings (SSSR count). The van der Waals surface area contributed by atoms with Gasteiger partial charge in [0.25, 0.3) is 0 Å². The normalized spacial score (nSPS) is 26.1. The fraction of sp³-hybridized carbons (Fsp3) is 0.933. The molecule has 3 heteroatoms. The SMILES string of the molecule is CCCCC1NC(C(C)C)N(CC(C)CC)C1=O. The Morgan fingerprint density at radius 3 is 2.44 bits per heavy atom. The van der Waals surface area contributed by atoms with Crippen LogP contribution in [0.1, 0.15) is 60.3 Å². The molecular weight excluding hydrogens is 224 g/mol. The maximum atomic E-state index is 12.4. The zero-order valence-electron chi connectivity index (χ0n) is 12.7. The first-order chi connectivity index (χ1) is 8.51. The minimum absolute atomic E-state index is 0.0569. The molecule has 3 atom stereocenters. The van der Waals surface area contributed by atoms with Crippen molar-refractivity contribution < 1.29 is 4.79 Å². The van der Waals surface area contributed by atoms with Crippen molar-refractivity contribution in [2.24, 2.45) is 11.8 Å². The van der Waals surface area contributed by atoms with Crippen molar-refractivity contribution in [2.45, 2.75) is 72.5 Å². The van der Waals surface area contributed by atoms with Crippen LogP contribution < -0.4 is 5.32 Å². The molecule has 106 valence electrons. The second kappa shape index (κ2) is 7.13. The topological polar surface area (TPSA) is 32.3 Å². The van der Waals surface area contributed by atoms with Gasteiger partial charge >= 0.3 is 0 Å². The second-order valence-electron chi connectivity index (χ2n) is 6.05. The molecule has 0 aromatic rings. The number of rotatable bonds is 7. The van der Waals surface area contributed by atoms with Crippen molar-refractivity contribution in [3.05, 3.63) is 0 Å². The van der Waals surface area contributed by atoms with Gasteiger partial charge in [-0.25, -0.2) is 0 Å². The van der Waals surface area contributed by atoms with E-state index in [9.17, 15) is 4.79 Å². The van der Waals surface area contributed by atoms with Crippen LogP contribution in [0.3, 0.4) is 0 Å². The predicted molar refractivity (Wildman–Crippen MR) is 76.2 cm³/mol. The van der Waals surface area contributed by atoms with E-state index >= 15 is 0 Å². The minimum atomic E-state index is 0.0569. The number of nitrogens with zero attached hydrogens (tertiary/aromatic N) is 1. The molecule has 0 spiro atoms. The molecule has 1 aliphatic heterocycles. The van der Waals surface area contributed by atoms with Gasteiger partial charge in [0.1, 0.15) is 0 Å². The highest BCUT2D eigenvalue weighted by Gasteiger charge is 2.39. The Morgan fingerprint density at radius 2 is 1.94 bits per heavy atom. The summed E-state index contributed by atoms with van der Waals surface area (Å²) in [6.45, 7) is 11.9. The van der Waals surface area contributed by atoms with Gasteiger partial charge in [-0.3, -0.25) is 10.1 Å². The number of hydrogen-bond donors (Lipinski definition) is 1. The van der Waals surface area contributed by atoms with Crippen LogP contribution in [0.25, 0.3) is 0 Å². The predicted octanol–water partition coefficient (Wildman–Crippen LogP) is 3.01. The van der Waals surface area contributed by atoms with E-state index in [0.717, 1.165) is 32.2 Å². The lowest BCUT2D eigenvalue weighted by molar-refractivity contribution is -0.131. The Hall–Kier alpha value is -0.570. The average molecular weight is 254 g/mol. The Morgan fingerprint density at radius 1 is 1.28 bits per heavy atom. The van der Waals surface area contributed by atoms with Crippen LogP contribution in [0.5, 0.6) is 0 Å². The number of nitrogens with one attached hydrogen (secondary N) is 1. The van der Waals surface area contributed by atoms with Crippen LogP contribution in [-0.2, 0) is 4.79 Å². The molecule has 0 bridgehead atoms. The summed E-state index contributed by atoms with van der Waals surface area (Å²) in [5.74, 6) is 1.38. The molecule has 1 heterocycles. The van der Waals surface area contributed by atoms with Crippen molar-refractivity contribution in [1.82, 2.24) is 10.2 Å². The van der Waals surface area contributed by atoms with E-state index in [1.165, 1.54) is 0 Å². The van der Waals surface area contributed by atoms with Crippen LogP contribution in [0, 0.1) is 11.8 Å². The molecule has 3 unspecified atom stereocenters. The molecule has 1 saturated heterocycles. The Balaban J connectivity index is 2.68. The zero-order chi connectivity index (χ0) is 13.7. The third kappa shape index (κ3) is 3.71. The van der Waals surface area contributed by atoms with Crippen LogP contribution >= 0.6 is 0 Å². The van der Waals surface area contributed by atoms with Crippen molar-refractivity contribution in [3.8, 4) is 0 Å². The molecule has 0 aromatic heterocycles. The summed E-state index contributed by atoms with van der Waals surface area (Å²) in [5, 5.41) is 3.53. The lowest BCUT2D eigenvalue weighted by Gasteiger charge is -2.29. The van der Waals surface area contributed by atoms with Gasteiger partial charge in [-0.1, -0.05) is 53.9 Å². The lowest BCUT2D eigenvalue weighted by atomic mass is 10.1. The largest absolute Gasteiger partial charge is 0.325 e. The number of unbranched alkanes of at least 4 members (excludes halogenated alkanes) is 1. The molecule has 1 fully saturated rings. The first-order valence-electron chi connectivity index (χ1n) is 7.57. The van der Waals surface area contributed by atoms with Crippen molar-refractivity contribution in [1.29, 1.82) is 0 Å². The van der Waals surface area contributed by atoms with Crippen molar-refractivity contribution >= 4 is 5.91 Å². The van der Waals surface area contributed by atoms with Gasteiger partial charge in [-0.2, -0.15) is 0 Å². The van der Waals surface area contributed by atoms with Crippen LogP contribution in [0.4, 0.5) is 0 Å². The molecule has 0 radical (unpaired) electrons. The summed E-state index contributed by atoms with van der Waals surface area (Å²) in [7, 11) is 0. The molecule has 0 aliphatic carbocycles. The summed E-state index contributed by atoms with van der Waals surface area (Å²) in [6, 6.07) is 0.0569. The fourth-order valence-corrected chi connectivity index (χ4v) is 2.54. The highest BCUT2D eigenvalue weighted by atomic mass is 16.2. The third-order valence-electron chi connectivity index (χ3n) is 3.97. The third-order valence-corrected chi connectivity index (χ3v) is 3.97. The summed E-state index contributed by atoms with van der Waals surface area (Å²) in [6.07, 6.45) is 4.63. The molecule has 0 aromatic carbocycles. The van der Waals surface area contributed by atoms with Crippen LogP contribution in [0.2, 0.25) is 0 Å². The molecular formula is C15H30N2O. The quantitative estimate of drug-likeness (QED) is 0.757. The molecule has 1 N–H and O–H groups in total.